The summed E-state index contributed by atoms with van der Waals surface area (Å²) < 4.78 is 0. The van der Waals surface area contributed by atoms with Gasteiger partial charge in [0.25, 0.3) is 0 Å². The molecule has 2 aliphatic rings. The third-order valence-electron chi connectivity index (χ3n) is 5.71. The van der Waals surface area contributed by atoms with Crippen LogP contribution in [0.2, 0.25) is 0 Å². The van der Waals surface area contributed by atoms with Gasteiger partial charge in [-0.15, -0.1) is 0 Å². The summed E-state index contributed by atoms with van der Waals surface area (Å²) in [6.45, 7) is 0.622. The van der Waals surface area contributed by atoms with Crippen LogP contribution in [0.5, 0.6) is 0 Å². The highest BCUT2D eigenvalue weighted by molar-refractivity contribution is 5.85. The second-order valence-electron chi connectivity index (χ2n) is 7.08. The van der Waals surface area contributed by atoms with Crippen LogP contribution in [0.3, 0.4) is 0 Å². The summed E-state index contributed by atoms with van der Waals surface area (Å²) in [5, 5.41) is 10.7. The third kappa shape index (κ3) is 2.58. The lowest BCUT2D eigenvalue weighted by Crippen LogP contribution is -2.43. The Morgan fingerprint density at radius 3 is 2.96 bits per heavy atom. The van der Waals surface area contributed by atoms with E-state index in [4.69, 9.17) is 0 Å². The number of carbonyl (C=O) groups is 2. The van der Waals surface area contributed by atoms with Gasteiger partial charge in [0.15, 0.2) is 0 Å². The highest BCUT2D eigenvalue weighted by Gasteiger charge is 2.49. The van der Waals surface area contributed by atoms with Crippen LogP contribution in [0.1, 0.15) is 31.2 Å². The molecule has 2 fully saturated rings. The van der Waals surface area contributed by atoms with E-state index in [1.165, 1.54) is 0 Å². The van der Waals surface area contributed by atoms with Crippen molar-refractivity contribution in [2.45, 2.75) is 38.1 Å². The lowest BCUT2D eigenvalue weighted by atomic mass is 9.94. The minimum atomic E-state index is -0.841. The van der Waals surface area contributed by atoms with E-state index in [9.17, 15) is 14.7 Å². The molecule has 24 heavy (non-hydrogen) atoms. The van der Waals surface area contributed by atoms with Crippen molar-refractivity contribution in [2.75, 3.05) is 6.54 Å². The third-order valence-corrected chi connectivity index (χ3v) is 5.71. The van der Waals surface area contributed by atoms with Crippen LogP contribution < -0.4 is 0 Å². The lowest BCUT2D eigenvalue weighted by Gasteiger charge is -2.24. The van der Waals surface area contributed by atoms with Crippen molar-refractivity contribution < 1.29 is 14.7 Å². The number of H-pyrrole nitrogens is 1. The van der Waals surface area contributed by atoms with Crippen molar-refractivity contribution in [1.29, 1.82) is 0 Å². The average Bonchev–Trinajstić information content (AvgIpc) is 3.25. The van der Waals surface area contributed by atoms with Gasteiger partial charge in [-0.2, -0.15) is 0 Å². The molecular formula is C19H22N2O3. The molecule has 126 valence electrons. The first-order valence-corrected chi connectivity index (χ1v) is 8.72. The lowest BCUT2D eigenvalue weighted by molar-refractivity contribution is -0.149. The summed E-state index contributed by atoms with van der Waals surface area (Å²) in [7, 11) is 0. The Balaban J connectivity index is 1.44. The zero-order valence-corrected chi connectivity index (χ0v) is 13.6. The largest absolute Gasteiger partial charge is 0.480 e. The first-order chi connectivity index (χ1) is 11.6. The van der Waals surface area contributed by atoms with E-state index in [-0.39, 0.29) is 11.8 Å². The van der Waals surface area contributed by atoms with Crippen molar-refractivity contribution >= 4 is 22.8 Å². The molecule has 0 radical (unpaired) electrons. The average molecular weight is 326 g/mol. The summed E-state index contributed by atoms with van der Waals surface area (Å²) in [6, 6.07) is 7.54. The number of hydrogen-bond donors (Lipinski definition) is 2. The van der Waals surface area contributed by atoms with Crippen molar-refractivity contribution in [3.8, 4) is 0 Å². The molecule has 5 heteroatoms. The van der Waals surface area contributed by atoms with Gasteiger partial charge in [-0.25, -0.2) is 4.79 Å². The number of nitrogens with zero attached hydrogens (tertiary/aromatic N) is 1. The minimum absolute atomic E-state index is 0.0223. The molecule has 5 nitrogen and oxygen atoms in total. The minimum Gasteiger partial charge on any atom is -0.480 e. The fourth-order valence-corrected chi connectivity index (χ4v) is 4.53. The SMILES string of the molecule is O=C(O)[C@@H]1[C@@H]2CCC[C@H]2CN1C(=O)CCc1ccc2[nH]ccc2c1. The second kappa shape index (κ2) is 5.96. The molecule has 1 saturated heterocycles. The molecule has 4 rings (SSSR count). The fraction of sp³-hybridized carbons (Fsp3) is 0.474. The van der Waals surface area contributed by atoms with Crippen molar-refractivity contribution in [3.63, 3.8) is 0 Å². The Labute approximate surface area is 140 Å². The summed E-state index contributed by atoms with van der Waals surface area (Å²) >= 11 is 0. The topological polar surface area (TPSA) is 73.4 Å². The molecule has 1 aromatic carbocycles. The van der Waals surface area contributed by atoms with Crippen LogP contribution in [-0.2, 0) is 16.0 Å². The molecule has 3 atom stereocenters. The number of rotatable bonds is 4. The number of aliphatic carboxylic acids is 1. The van der Waals surface area contributed by atoms with Crippen LogP contribution in [0.25, 0.3) is 10.9 Å². The van der Waals surface area contributed by atoms with Gasteiger partial charge in [0.05, 0.1) is 0 Å². The quantitative estimate of drug-likeness (QED) is 0.907. The summed E-state index contributed by atoms with van der Waals surface area (Å²) in [5.74, 6) is -0.327. The number of fused-ring (bicyclic) bond motifs is 2. The maximum atomic E-state index is 12.6. The Hall–Kier alpha value is -2.30. The van der Waals surface area contributed by atoms with Gasteiger partial charge in [-0.3, -0.25) is 4.79 Å². The molecular weight excluding hydrogens is 304 g/mol. The number of aromatic nitrogens is 1. The zero-order valence-electron chi connectivity index (χ0n) is 13.6. The van der Waals surface area contributed by atoms with Gasteiger partial charge in [0.2, 0.25) is 5.91 Å². The number of likely N-dealkylation sites (tertiary alicyclic amines) is 1. The van der Waals surface area contributed by atoms with E-state index in [2.05, 4.69) is 11.1 Å². The smallest absolute Gasteiger partial charge is 0.326 e. The van der Waals surface area contributed by atoms with E-state index in [1.54, 1.807) is 4.90 Å². The molecule has 0 unspecified atom stereocenters. The summed E-state index contributed by atoms with van der Waals surface area (Å²) in [6.07, 6.45) is 6.02. The normalized spacial score (nSPS) is 26.0. The van der Waals surface area contributed by atoms with Gasteiger partial charge in [-0.05, 0) is 60.2 Å². The van der Waals surface area contributed by atoms with E-state index in [0.717, 1.165) is 35.7 Å². The van der Waals surface area contributed by atoms with Crippen LogP contribution in [0, 0.1) is 11.8 Å². The predicted molar refractivity (Wildman–Crippen MR) is 90.6 cm³/mol. The molecule has 2 N–H and O–H groups in total. The van der Waals surface area contributed by atoms with Gasteiger partial charge >= 0.3 is 5.97 Å². The highest BCUT2D eigenvalue weighted by atomic mass is 16.4. The van der Waals surface area contributed by atoms with Crippen molar-refractivity contribution in [1.82, 2.24) is 9.88 Å². The number of carboxylic acid groups (broad SMARTS) is 1. The fourth-order valence-electron chi connectivity index (χ4n) is 4.53. The van der Waals surface area contributed by atoms with E-state index < -0.39 is 12.0 Å². The Morgan fingerprint density at radius 2 is 2.12 bits per heavy atom. The molecule has 0 spiro atoms. The predicted octanol–water partition coefficient (Wildman–Crippen LogP) is 2.81. The summed E-state index contributed by atoms with van der Waals surface area (Å²) in [4.78, 5) is 29.1. The number of amides is 1. The maximum Gasteiger partial charge on any atom is 0.326 e. The molecule has 1 aromatic heterocycles. The van der Waals surface area contributed by atoms with Gasteiger partial charge in [0.1, 0.15) is 6.04 Å². The highest BCUT2D eigenvalue weighted by Crippen LogP contribution is 2.42. The molecule has 1 amide bonds. The van der Waals surface area contributed by atoms with Crippen LogP contribution in [0.4, 0.5) is 0 Å². The van der Waals surface area contributed by atoms with Crippen molar-refractivity contribution in [3.05, 3.63) is 36.0 Å². The van der Waals surface area contributed by atoms with Crippen LogP contribution in [-0.4, -0.2) is 39.5 Å². The molecule has 2 aromatic rings. The number of benzene rings is 1. The standard InChI is InChI=1S/C19H22N2O3/c22-17(7-5-12-4-6-16-13(10-12)8-9-20-16)21-11-14-2-1-3-15(14)18(21)19(23)24/h4,6,8-10,14-15,18,20H,1-3,5,7,11H2,(H,23,24)/t14-,15+,18-/m0/s1. The van der Waals surface area contributed by atoms with E-state index in [0.29, 0.717) is 25.3 Å². The van der Waals surface area contributed by atoms with Gasteiger partial charge < -0.3 is 15.0 Å². The molecule has 1 aliphatic heterocycles. The molecule has 1 saturated carbocycles. The number of hydrogen-bond acceptors (Lipinski definition) is 2. The zero-order chi connectivity index (χ0) is 16.7. The summed E-state index contributed by atoms with van der Waals surface area (Å²) in [5.41, 5.74) is 2.20. The van der Waals surface area contributed by atoms with Crippen LogP contribution in [0.15, 0.2) is 30.5 Å². The number of carboxylic acids is 1. The Bertz CT molecular complexity index is 782. The first-order valence-electron chi connectivity index (χ1n) is 8.72. The number of aryl methyl sites for hydroxylation is 1. The monoisotopic (exact) mass is 326 g/mol. The molecule has 2 heterocycles. The number of aromatic amines is 1. The van der Waals surface area contributed by atoms with E-state index in [1.807, 2.05) is 24.4 Å². The van der Waals surface area contributed by atoms with E-state index >= 15 is 0 Å². The van der Waals surface area contributed by atoms with Gasteiger partial charge in [0, 0.05) is 24.7 Å². The Morgan fingerprint density at radius 1 is 1.25 bits per heavy atom. The maximum absolute atomic E-state index is 12.6. The Kier molecular flexibility index (Phi) is 3.79. The first kappa shape index (κ1) is 15.2. The van der Waals surface area contributed by atoms with Crippen molar-refractivity contribution in [2.24, 2.45) is 11.8 Å². The number of carbonyl (C=O) groups excluding carboxylic acids is 1. The second-order valence-corrected chi connectivity index (χ2v) is 7.08. The van der Waals surface area contributed by atoms with Crippen LogP contribution >= 0.6 is 0 Å². The molecule has 0 bridgehead atoms. The van der Waals surface area contributed by atoms with Gasteiger partial charge in [-0.1, -0.05) is 12.5 Å². The number of nitrogens with one attached hydrogen (secondary N) is 1. The molecule has 1 aliphatic carbocycles.